The highest BCUT2D eigenvalue weighted by Gasteiger charge is 2.22. The number of amides is 1. The summed E-state index contributed by atoms with van der Waals surface area (Å²) in [6.07, 6.45) is 4.26. The number of likely N-dealkylation sites (tertiary alicyclic amines) is 1. The van der Waals surface area contributed by atoms with Gasteiger partial charge in [-0.05, 0) is 62.5 Å². The van der Waals surface area contributed by atoms with E-state index >= 15 is 0 Å². The lowest BCUT2D eigenvalue weighted by molar-refractivity contribution is 0.0600. The summed E-state index contributed by atoms with van der Waals surface area (Å²) in [6, 6.07) is 17.3. The number of nitrogens with zero attached hydrogens (tertiary/aromatic N) is 1. The summed E-state index contributed by atoms with van der Waals surface area (Å²) in [4.78, 5) is 26.7. The molecule has 1 N–H and O–H groups in total. The Morgan fingerprint density at radius 3 is 2.68 bits per heavy atom. The average molecular weight is 380 g/mol. The first-order valence-electron chi connectivity index (χ1n) is 9.91. The second kappa shape index (κ2) is 10.0. The van der Waals surface area contributed by atoms with E-state index in [2.05, 4.69) is 34.5 Å². The van der Waals surface area contributed by atoms with E-state index in [1.807, 2.05) is 6.07 Å². The van der Waals surface area contributed by atoms with Crippen LogP contribution in [0.3, 0.4) is 0 Å². The van der Waals surface area contributed by atoms with E-state index in [-0.39, 0.29) is 11.9 Å². The summed E-state index contributed by atoms with van der Waals surface area (Å²) in [5, 5.41) is 3.12. The van der Waals surface area contributed by atoms with Crippen LogP contribution in [0.1, 0.15) is 45.5 Å². The molecule has 148 valence electrons. The highest BCUT2D eigenvalue weighted by molar-refractivity contribution is 5.98. The fourth-order valence-electron chi connectivity index (χ4n) is 3.70. The second-order valence-corrected chi connectivity index (χ2v) is 7.27. The number of carbonyl (C=O) groups is 2. The molecule has 1 saturated heterocycles. The van der Waals surface area contributed by atoms with Crippen LogP contribution < -0.4 is 5.32 Å². The fourth-order valence-corrected chi connectivity index (χ4v) is 3.70. The van der Waals surface area contributed by atoms with Gasteiger partial charge in [0.15, 0.2) is 0 Å². The predicted molar refractivity (Wildman–Crippen MR) is 109 cm³/mol. The van der Waals surface area contributed by atoms with E-state index in [1.165, 1.54) is 12.7 Å². The molecule has 1 fully saturated rings. The third-order valence-corrected chi connectivity index (χ3v) is 5.17. The monoisotopic (exact) mass is 380 g/mol. The molecule has 2 aromatic carbocycles. The first-order valence-corrected chi connectivity index (χ1v) is 9.91. The summed E-state index contributed by atoms with van der Waals surface area (Å²) in [5.74, 6) is -0.571. The maximum atomic E-state index is 12.6. The molecule has 5 heteroatoms. The second-order valence-electron chi connectivity index (χ2n) is 7.27. The summed E-state index contributed by atoms with van der Waals surface area (Å²) in [6.45, 7) is 3.00. The van der Waals surface area contributed by atoms with E-state index < -0.39 is 5.97 Å². The lowest BCUT2D eigenvalue weighted by atomic mass is 10.0. The standard InChI is InChI=1S/C23H28N2O3/c1-28-23(27)20-12-5-11-19(16-20)22(26)24-21-13-7-15-25(17-21)14-6-10-18-8-3-2-4-9-18/h2-5,8-9,11-12,16,21H,6-7,10,13-15,17H2,1H3,(H,24,26)/t21-/m0/s1. The molecule has 0 unspecified atom stereocenters. The van der Waals surface area contributed by atoms with Crippen LogP contribution in [0.15, 0.2) is 54.6 Å². The Kier molecular flexibility index (Phi) is 7.20. The zero-order chi connectivity index (χ0) is 19.8. The van der Waals surface area contributed by atoms with Crippen molar-refractivity contribution in [3.8, 4) is 0 Å². The number of hydrogen-bond donors (Lipinski definition) is 1. The largest absolute Gasteiger partial charge is 0.465 e. The molecule has 0 aromatic heterocycles. The smallest absolute Gasteiger partial charge is 0.337 e. The Morgan fingerprint density at radius 2 is 1.89 bits per heavy atom. The lowest BCUT2D eigenvalue weighted by Crippen LogP contribution is -2.48. The van der Waals surface area contributed by atoms with Crippen LogP contribution in [-0.2, 0) is 11.2 Å². The quantitative estimate of drug-likeness (QED) is 0.749. The molecule has 1 atom stereocenters. The van der Waals surface area contributed by atoms with Crippen LogP contribution in [0.5, 0.6) is 0 Å². The fraction of sp³-hybridized carbons (Fsp3) is 0.391. The topological polar surface area (TPSA) is 58.6 Å². The summed E-state index contributed by atoms with van der Waals surface area (Å²) in [5.41, 5.74) is 2.25. The zero-order valence-corrected chi connectivity index (χ0v) is 16.4. The highest BCUT2D eigenvalue weighted by atomic mass is 16.5. The van der Waals surface area contributed by atoms with Crippen molar-refractivity contribution in [1.82, 2.24) is 10.2 Å². The van der Waals surface area contributed by atoms with Crippen molar-refractivity contribution < 1.29 is 14.3 Å². The Balaban J connectivity index is 1.49. The van der Waals surface area contributed by atoms with E-state index in [0.29, 0.717) is 11.1 Å². The maximum Gasteiger partial charge on any atom is 0.337 e. The Hall–Kier alpha value is -2.66. The van der Waals surface area contributed by atoms with Gasteiger partial charge in [0.2, 0.25) is 0 Å². The van der Waals surface area contributed by atoms with Crippen LogP contribution in [-0.4, -0.2) is 49.6 Å². The van der Waals surface area contributed by atoms with Gasteiger partial charge in [0, 0.05) is 18.2 Å². The number of piperidine rings is 1. The van der Waals surface area contributed by atoms with Crippen molar-refractivity contribution in [3.05, 3.63) is 71.3 Å². The van der Waals surface area contributed by atoms with Gasteiger partial charge in [-0.1, -0.05) is 36.4 Å². The minimum absolute atomic E-state index is 0.137. The van der Waals surface area contributed by atoms with Crippen LogP contribution >= 0.6 is 0 Å². The molecule has 0 aliphatic carbocycles. The van der Waals surface area contributed by atoms with Gasteiger partial charge in [-0.2, -0.15) is 0 Å². The third-order valence-electron chi connectivity index (χ3n) is 5.17. The van der Waals surface area contributed by atoms with Gasteiger partial charge in [0.05, 0.1) is 12.7 Å². The number of hydrogen-bond acceptors (Lipinski definition) is 4. The number of benzene rings is 2. The third kappa shape index (κ3) is 5.67. The Labute approximate surface area is 166 Å². The first kappa shape index (κ1) is 20.1. The van der Waals surface area contributed by atoms with Gasteiger partial charge in [-0.3, -0.25) is 4.79 Å². The lowest BCUT2D eigenvalue weighted by Gasteiger charge is -2.33. The van der Waals surface area contributed by atoms with E-state index in [4.69, 9.17) is 4.74 Å². The molecule has 1 heterocycles. The van der Waals surface area contributed by atoms with Crippen LogP contribution in [0, 0.1) is 0 Å². The van der Waals surface area contributed by atoms with Crippen LogP contribution in [0.2, 0.25) is 0 Å². The Bertz CT molecular complexity index is 791. The maximum absolute atomic E-state index is 12.6. The van der Waals surface area contributed by atoms with Crippen molar-refractivity contribution in [1.29, 1.82) is 0 Å². The average Bonchev–Trinajstić information content (AvgIpc) is 2.74. The van der Waals surface area contributed by atoms with E-state index in [0.717, 1.165) is 45.3 Å². The summed E-state index contributed by atoms with van der Waals surface area (Å²) in [7, 11) is 1.34. The van der Waals surface area contributed by atoms with Crippen molar-refractivity contribution in [2.75, 3.05) is 26.7 Å². The summed E-state index contributed by atoms with van der Waals surface area (Å²) < 4.78 is 4.73. The SMILES string of the molecule is COC(=O)c1cccc(C(=O)N[C@H]2CCCN(CCCc3ccccc3)C2)c1. The normalized spacial score (nSPS) is 17.1. The van der Waals surface area contributed by atoms with Crippen LogP contribution in [0.4, 0.5) is 0 Å². The number of ether oxygens (including phenoxy) is 1. The molecular weight excluding hydrogens is 352 g/mol. The molecule has 1 aliphatic rings. The predicted octanol–water partition coefficient (Wildman–Crippen LogP) is 3.30. The molecule has 0 radical (unpaired) electrons. The van der Waals surface area contributed by atoms with Crippen LogP contribution in [0.25, 0.3) is 0 Å². The van der Waals surface area contributed by atoms with Crippen molar-refractivity contribution in [3.63, 3.8) is 0 Å². The van der Waals surface area contributed by atoms with Crippen molar-refractivity contribution in [2.24, 2.45) is 0 Å². The molecule has 0 bridgehead atoms. The summed E-state index contributed by atoms with van der Waals surface area (Å²) >= 11 is 0. The molecule has 3 rings (SSSR count). The minimum Gasteiger partial charge on any atom is -0.465 e. The molecule has 1 amide bonds. The number of rotatable bonds is 7. The van der Waals surface area contributed by atoms with Gasteiger partial charge < -0.3 is 15.0 Å². The number of methoxy groups -OCH3 is 1. The molecule has 0 saturated carbocycles. The van der Waals surface area contributed by atoms with E-state index in [1.54, 1.807) is 24.3 Å². The molecule has 5 nitrogen and oxygen atoms in total. The molecular formula is C23H28N2O3. The van der Waals surface area contributed by atoms with Gasteiger partial charge >= 0.3 is 5.97 Å². The Morgan fingerprint density at radius 1 is 1.11 bits per heavy atom. The van der Waals surface area contributed by atoms with E-state index in [9.17, 15) is 9.59 Å². The first-order chi connectivity index (χ1) is 13.7. The van der Waals surface area contributed by atoms with Gasteiger partial charge in [0.25, 0.3) is 5.91 Å². The number of carbonyl (C=O) groups excluding carboxylic acids is 2. The molecule has 0 spiro atoms. The van der Waals surface area contributed by atoms with Crippen molar-refractivity contribution in [2.45, 2.75) is 31.7 Å². The number of esters is 1. The van der Waals surface area contributed by atoms with Gasteiger partial charge in [0.1, 0.15) is 0 Å². The number of nitrogens with one attached hydrogen (secondary N) is 1. The van der Waals surface area contributed by atoms with Gasteiger partial charge in [-0.25, -0.2) is 4.79 Å². The van der Waals surface area contributed by atoms with Crippen molar-refractivity contribution >= 4 is 11.9 Å². The molecule has 28 heavy (non-hydrogen) atoms. The number of aryl methyl sites for hydroxylation is 1. The zero-order valence-electron chi connectivity index (χ0n) is 16.4. The van der Waals surface area contributed by atoms with Gasteiger partial charge in [-0.15, -0.1) is 0 Å². The molecule has 2 aromatic rings. The highest BCUT2D eigenvalue weighted by Crippen LogP contribution is 2.13. The minimum atomic E-state index is -0.433. The molecule has 1 aliphatic heterocycles.